The monoisotopic (exact) mass is 333 g/mol. The molecule has 0 saturated heterocycles. The van der Waals surface area contributed by atoms with Crippen molar-refractivity contribution in [2.75, 3.05) is 13.6 Å². The van der Waals surface area contributed by atoms with E-state index in [0.29, 0.717) is 4.90 Å². The van der Waals surface area contributed by atoms with Crippen LogP contribution < -0.4 is 0 Å². The third kappa shape index (κ3) is 3.85. The molecule has 20 heavy (non-hydrogen) atoms. The summed E-state index contributed by atoms with van der Waals surface area (Å²) in [5.74, 6) is -1.18. The molecule has 11 heteroatoms. The van der Waals surface area contributed by atoms with E-state index in [2.05, 4.69) is 10.2 Å². The summed E-state index contributed by atoms with van der Waals surface area (Å²) in [5.41, 5.74) is -0.590. The molecule has 0 spiro atoms. The lowest BCUT2D eigenvalue weighted by Crippen LogP contribution is -2.36. The Hall–Kier alpha value is -1.29. The molecule has 1 aromatic rings. The molecule has 1 N–H and O–H groups in total. The summed E-state index contributed by atoms with van der Waals surface area (Å²) in [6, 6.07) is 0. The summed E-state index contributed by atoms with van der Waals surface area (Å²) in [5, 5.41) is 5.74. The van der Waals surface area contributed by atoms with Gasteiger partial charge in [0.1, 0.15) is 11.4 Å². The third-order valence-corrected chi connectivity index (χ3v) is 3.75. The lowest BCUT2D eigenvalue weighted by molar-refractivity contribution is -0.138. The van der Waals surface area contributed by atoms with Crippen molar-refractivity contribution in [3.05, 3.63) is 11.4 Å². The number of carbonyl (C=O) groups excluding carboxylic acids is 1. The zero-order valence-electron chi connectivity index (χ0n) is 10.5. The van der Waals surface area contributed by atoms with E-state index >= 15 is 0 Å². The molecule has 6 nitrogen and oxygen atoms in total. The molecular formula is C9H11ClF3N3O3S. The normalized spacial score (nSPS) is 12.5. The van der Waals surface area contributed by atoms with Gasteiger partial charge in [0, 0.05) is 17.7 Å². The Balaban J connectivity index is 3.21. The first-order valence-electron chi connectivity index (χ1n) is 5.31. The molecule has 0 unspecified atom stereocenters. The van der Waals surface area contributed by atoms with Crippen LogP contribution in [-0.4, -0.2) is 49.2 Å². The largest absolute Gasteiger partial charge is 0.406 e. The second-order valence-corrected chi connectivity index (χ2v) is 6.45. The van der Waals surface area contributed by atoms with Gasteiger partial charge >= 0.3 is 6.18 Å². The van der Waals surface area contributed by atoms with Crippen molar-refractivity contribution < 1.29 is 26.4 Å². The number of rotatable bonds is 4. The summed E-state index contributed by atoms with van der Waals surface area (Å²) < 4.78 is 59.5. The van der Waals surface area contributed by atoms with Crippen LogP contribution in [0.1, 0.15) is 23.1 Å². The van der Waals surface area contributed by atoms with Crippen molar-refractivity contribution in [2.24, 2.45) is 0 Å². The van der Waals surface area contributed by atoms with Crippen LogP contribution in [0, 0.1) is 0 Å². The Morgan fingerprint density at radius 3 is 2.40 bits per heavy atom. The molecule has 0 aliphatic carbocycles. The Morgan fingerprint density at radius 1 is 1.45 bits per heavy atom. The molecular weight excluding hydrogens is 323 g/mol. The van der Waals surface area contributed by atoms with Crippen LogP contribution in [0.4, 0.5) is 13.2 Å². The number of nitrogens with one attached hydrogen (secondary N) is 1. The predicted octanol–water partition coefficient (Wildman–Crippen LogP) is 1.53. The minimum atomic E-state index is -4.60. The van der Waals surface area contributed by atoms with Crippen molar-refractivity contribution in [3.63, 3.8) is 0 Å². The molecule has 0 fully saturated rings. The van der Waals surface area contributed by atoms with Gasteiger partial charge in [-0.25, -0.2) is 8.42 Å². The molecule has 1 rings (SSSR count). The van der Waals surface area contributed by atoms with Gasteiger partial charge in [0.15, 0.2) is 5.69 Å². The van der Waals surface area contributed by atoms with Gasteiger partial charge < -0.3 is 4.90 Å². The van der Waals surface area contributed by atoms with Crippen LogP contribution in [0.5, 0.6) is 0 Å². The highest BCUT2D eigenvalue weighted by molar-refractivity contribution is 8.13. The molecule has 0 aliphatic heterocycles. The number of nitrogens with zero attached hydrogens (tertiary/aromatic N) is 2. The molecule has 0 atom stereocenters. The van der Waals surface area contributed by atoms with Crippen molar-refractivity contribution >= 4 is 25.6 Å². The van der Waals surface area contributed by atoms with E-state index in [1.165, 1.54) is 0 Å². The molecule has 0 radical (unpaired) electrons. The maximum absolute atomic E-state index is 12.2. The van der Waals surface area contributed by atoms with Gasteiger partial charge in [-0.2, -0.15) is 18.3 Å². The standard InChI is InChI=1S/C9H11ClF3N3O3S/c1-3-5-7(20(10,18)19)6(15-14-5)8(17)16(2)4-9(11,12)13/h3-4H2,1-2H3,(H,14,15). The second kappa shape index (κ2) is 5.60. The van der Waals surface area contributed by atoms with Crippen molar-refractivity contribution in [2.45, 2.75) is 24.4 Å². The fourth-order valence-corrected chi connectivity index (χ4v) is 2.88. The van der Waals surface area contributed by atoms with Gasteiger partial charge in [-0.3, -0.25) is 9.89 Å². The van der Waals surface area contributed by atoms with Crippen LogP contribution in [0.15, 0.2) is 4.90 Å². The second-order valence-electron chi connectivity index (χ2n) is 3.95. The molecule has 0 bridgehead atoms. The SMILES string of the molecule is CCc1[nH]nc(C(=O)N(C)CC(F)(F)F)c1S(=O)(=O)Cl. The molecule has 0 aromatic carbocycles. The van der Waals surface area contributed by atoms with Gasteiger partial charge in [0.2, 0.25) is 0 Å². The van der Waals surface area contributed by atoms with E-state index in [4.69, 9.17) is 10.7 Å². The van der Waals surface area contributed by atoms with E-state index in [1.54, 1.807) is 6.92 Å². The number of halogens is 4. The number of alkyl halides is 3. The highest BCUT2D eigenvalue weighted by Gasteiger charge is 2.35. The number of aromatic nitrogens is 2. The number of aromatic amines is 1. The summed E-state index contributed by atoms with van der Waals surface area (Å²) in [6.07, 6.45) is -4.43. The first-order valence-corrected chi connectivity index (χ1v) is 7.62. The van der Waals surface area contributed by atoms with Gasteiger partial charge in [0.25, 0.3) is 15.0 Å². The van der Waals surface area contributed by atoms with Gasteiger partial charge in [-0.15, -0.1) is 0 Å². The minimum absolute atomic E-state index is 0.0590. The lowest BCUT2D eigenvalue weighted by Gasteiger charge is -2.18. The van der Waals surface area contributed by atoms with E-state index in [9.17, 15) is 26.4 Å². The van der Waals surface area contributed by atoms with Crippen molar-refractivity contribution in [1.29, 1.82) is 0 Å². The molecule has 0 saturated carbocycles. The van der Waals surface area contributed by atoms with E-state index < -0.39 is 38.3 Å². The number of H-pyrrole nitrogens is 1. The quantitative estimate of drug-likeness (QED) is 0.847. The third-order valence-electron chi connectivity index (χ3n) is 2.35. The topological polar surface area (TPSA) is 83.1 Å². The zero-order chi connectivity index (χ0) is 15.7. The van der Waals surface area contributed by atoms with E-state index in [1.807, 2.05) is 0 Å². The fraction of sp³-hybridized carbons (Fsp3) is 0.556. The summed E-state index contributed by atoms with van der Waals surface area (Å²) in [4.78, 5) is 11.6. The average molecular weight is 334 g/mol. The molecule has 114 valence electrons. The summed E-state index contributed by atoms with van der Waals surface area (Å²) in [6.45, 7) is 0.0503. The molecule has 0 aliphatic rings. The lowest BCUT2D eigenvalue weighted by atomic mass is 10.3. The van der Waals surface area contributed by atoms with Crippen molar-refractivity contribution in [1.82, 2.24) is 15.1 Å². The highest BCUT2D eigenvalue weighted by Crippen LogP contribution is 2.25. The van der Waals surface area contributed by atoms with Gasteiger partial charge in [-0.1, -0.05) is 6.92 Å². The predicted molar refractivity (Wildman–Crippen MR) is 64.0 cm³/mol. The van der Waals surface area contributed by atoms with Crippen LogP contribution in [-0.2, 0) is 15.5 Å². The van der Waals surface area contributed by atoms with E-state index in [0.717, 1.165) is 7.05 Å². The van der Waals surface area contributed by atoms with E-state index in [-0.39, 0.29) is 12.1 Å². The highest BCUT2D eigenvalue weighted by atomic mass is 35.7. The Morgan fingerprint density at radius 2 is 2.00 bits per heavy atom. The fourth-order valence-electron chi connectivity index (χ4n) is 1.54. The van der Waals surface area contributed by atoms with Gasteiger partial charge in [0.05, 0.1) is 5.69 Å². The van der Waals surface area contributed by atoms with Crippen LogP contribution in [0.2, 0.25) is 0 Å². The number of carbonyl (C=O) groups is 1. The number of hydrogen-bond acceptors (Lipinski definition) is 4. The Kier molecular flexibility index (Phi) is 4.70. The van der Waals surface area contributed by atoms with Gasteiger partial charge in [-0.05, 0) is 6.42 Å². The Bertz CT molecular complexity index is 612. The maximum Gasteiger partial charge on any atom is 0.406 e. The first-order chi connectivity index (χ1) is 8.97. The number of amides is 1. The maximum atomic E-state index is 12.2. The first kappa shape index (κ1) is 16.8. The zero-order valence-corrected chi connectivity index (χ0v) is 12.0. The number of aryl methyl sites for hydroxylation is 1. The Labute approximate surface area is 117 Å². The summed E-state index contributed by atoms with van der Waals surface area (Å²) >= 11 is 0. The smallest absolute Gasteiger partial charge is 0.331 e. The average Bonchev–Trinajstić information content (AvgIpc) is 2.68. The number of hydrogen-bond donors (Lipinski definition) is 1. The molecule has 1 heterocycles. The summed E-state index contributed by atoms with van der Waals surface area (Å²) in [7, 11) is 1.77. The van der Waals surface area contributed by atoms with Crippen LogP contribution in [0.3, 0.4) is 0 Å². The van der Waals surface area contributed by atoms with Crippen LogP contribution >= 0.6 is 10.7 Å². The molecule has 1 amide bonds. The van der Waals surface area contributed by atoms with Crippen LogP contribution in [0.25, 0.3) is 0 Å². The molecule has 1 aromatic heterocycles. The minimum Gasteiger partial charge on any atom is -0.331 e. The van der Waals surface area contributed by atoms with Crippen molar-refractivity contribution in [3.8, 4) is 0 Å².